The number of ether oxygens (including phenoxy) is 1. The zero-order valence-electron chi connectivity index (χ0n) is 15.9. The van der Waals surface area contributed by atoms with Crippen molar-refractivity contribution in [2.75, 3.05) is 44.2 Å². The first-order valence-corrected chi connectivity index (χ1v) is 10.2. The van der Waals surface area contributed by atoms with Gasteiger partial charge in [0.1, 0.15) is 0 Å². The highest BCUT2D eigenvalue weighted by atomic mass is 16.5. The Kier molecular flexibility index (Phi) is 5.74. The Bertz CT molecular complexity index is 687. The number of amides is 2. The number of para-hydroxylation sites is 1. The highest BCUT2D eigenvalue weighted by Gasteiger charge is 2.32. The van der Waals surface area contributed by atoms with Gasteiger partial charge in [0.2, 0.25) is 11.8 Å². The van der Waals surface area contributed by atoms with E-state index in [2.05, 4.69) is 11.4 Å². The molecule has 27 heavy (non-hydrogen) atoms. The van der Waals surface area contributed by atoms with Crippen LogP contribution in [0.25, 0.3) is 0 Å². The third-order valence-electron chi connectivity index (χ3n) is 5.96. The van der Waals surface area contributed by atoms with Crippen molar-refractivity contribution < 1.29 is 14.3 Å². The van der Waals surface area contributed by atoms with Crippen molar-refractivity contribution in [3.63, 3.8) is 0 Å². The van der Waals surface area contributed by atoms with Gasteiger partial charge in [0, 0.05) is 50.8 Å². The number of carbonyl (C=O) groups excluding carboxylic acids is 2. The summed E-state index contributed by atoms with van der Waals surface area (Å²) in [6.45, 7) is 4.29. The molecular formula is C21H29N3O3. The molecule has 0 radical (unpaired) electrons. The minimum absolute atomic E-state index is 0.111. The number of fused-ring (bicyclic) bond motifs is 1. The van der Waals surface area contributed by atoms with Crippen LogP contribution in [0.15, 0.2) is 24.3 Å². The average Bonchev–Trinajstić information content (AvgIpc) is 3.40. The van der Waals surface area contributed by atoms with Gasteiger partial charge in [-0.3, -0.25) is 9.59 Å². The molecule has 0 aromatic heterocycles. The van der Waals surface area contributed by atoms with E-state index in [1.807, 2.05) is 28.0 Å². The van der Waals surface area contributed by atoms with Gasteiger partial charge in [0.25, 0.3) is 0 Å². The molecule has 1 aromatic rings. The second-order valence-electron chi connectivity index (χ2n) is 7.80. The van der Waals surface area contributed by atoms with Gasteiger partial charge in [0.15, 0.2) is 0 Å². The van der Waals surface area contributed by atoms with Crippen molar-refractivity contribution in [3.05, 3.63) is 29.8 Å². The number of hydrogen-bond donors (Lipinski definition) is 1. The van der Waals surface area contributed by atoms with E-state index in [0.29, 0.717) is 25.4 Å². The fourth-order valence-electron chi connectivity index (χ4n) is 4.47. The molecule has 1 aromatic carbocycles. The molecular weight excluding hydrogens is 342 g/mol. The van der Waals surface area contributed by atoms with Crippen LogP contribution < -0.4 is 10.2 Å². The van der Waals surface area contributed by atoms with Crippen molar-refractivity contribution in [2.24, 2.45) is 0 Å². The molecule has 0 saturated carbocycles. The van der Waals surface area contributed by atoms with Crippen molar-refractivity contribution in [3.8, 4) is 0 Å². The lowest BCUT2D eigenvalue weighted by atomic mass is 9.98. The fraction of sp³-hybridized carbons (Fsp3) is 0.619. The molecule has 6 nitrogen and oxygen atoms in total. The number of anilines is 1. The zero-order chi connectivity index (χ0) is 18.6. The van der Waals surface area contributed by atoms with Crippen LogP contribution in [0.3, 0.4) is 0 Å². The summed E-state index contributed by atoms with van der Waals surface area (Å²) in [5.41, 5.74) is 2.26. The smallest absolute Gasteiger partial charge is 0.240 e. The zero-order valence-corrected chi connectivity index (χ0v) is 15.9. The summed E-state index contributed by atoms with van der Waals surface area (Å²) in [5, 5.41) is 3.26. The summed E-state index contributed by atoms with van der Waals surface area (Å²) in [5.74, 6) is 0.685. The van der Waals surface area contributed by atoms with Crippen LogP contribution >= 0.6 is 0 Å². The Balaban J connectivity index is 1.34. The van der Waals surface area contributed by atoms with Crippen LogP contribution in [0, 0.1) is 0 Å². The van der Waals surface area contributed by atoms with Gasteiger partial charge in [-0.15, -0.1) is 0 Å². The second kappa shape index (κ2) is 8.40. The van der Waals surface area contributed by atoms with E-state index in [1.54, 1.807) is 0 Å². The van der Waals surface area contributed by atoms with Crippen LogP contribution in [0.2, 0.25) is 0 Å². The standard InChI is InChI=1S/C21H29N3O3/c25-20-8-3-10-23(20)11-9-16-15-24(19-7-2-1-6-18(16)19)21(26)14-22-13-17-5-4-12-27-17/h1-2,6-7,16-17,22H,3-5,8-15H2/t16-,17+/m1/s1. The van der Waals surface area contributed by atoms with Gasteiger partial charge in [-0.1, -0.05) is 18.2 Å². The minimum Gasteiger partial charge on any atom is -0.377 e. The normalized spacial score (nSPS) is 24.7. The van der Waals surface area contributed by atoms with Gasteiger partial charge in [-0.05, 0) is 37.3 Å². The molecule has 3 aliphatic heterocycles. The summed E-state index contributed by atoms with van der Waals surface area (Å²) in [6, 6.07) is 8.19. The number of nitrogens with zero attached hydrogens (tertiary/aromatic N) is 2. The lowest BCUT2D eigenvalue weighted by Gasteiger charge is -2.20. The molecule has 0 unspecified atom stereocenters. The summed E-state index contributed by atoms with van der Waals surface area (Å²) in [4.78, 5) is 28.5. The summed E-state index contributed by atoms with van der Waals surface area (Å²) < 4.78 is 5.60. The van der Waals surface area contributed by atoms with E-state index in [-0.39, 0.29) is 17.9 Å². The Labute approximate surface area is 160 Å². The lowest BCUT2D eigenvalue weighted by molar-refractivity contribution is -0.127. The highest BCUT2D eigenvalue weighted by Crippen LogP contribution is 2.38. The largest absolute Gasteiger partial charge is 0.377 e. The van der Waals surface area contributed by atoms with Gasteiger partial charge >= 0.3 is 0 Å². The van der Waals surface area contributed by atoms with E-state index < -0.39 is 0 Å². The monoisotopic (exact) mass is 371 g/mol. The maximum atomic E-state index is 12.8. The van der Waals surface area contributed by atoms with Crippen molar-refractivity contribution >= 4 is 17.5 Å². The maximum absolute atomic E-state index is 12.8. The first-order chi connectivity index (χ1) is 13.2. The molecule has 0 aliphatic carbocycles. The van der Waals surface area contributed by atoms with E-state index in [1.165, 1.54) is 5.56 Å². The van der Waals surface area contributed by atoms with Gasteiger partial charge in [0.05, 0.1) is 12.6 Å². The number of hydrogen-bond acceptors (Lipinski definition) is 4. The van der Waals surface area contributed by atoms with Crippen LogP contribution in [-0.4, -0.2) is 62.1 Å². The molecule has 0 bridgehead atoms. The molecule has 4 rings (SSSR count). The molecule has 3 heterocycles. The lowest BCUT2D eigenvalue weighted by Crippen LogP contribution is -2.40. The minimum atomic E-state index is 0.111. The first-order valence-electron chi connectivity index (χ1n) is 10.2. The van der Waals surface area contributed by atoms with E-state index in [0.717, 1.165) is 57.6 Å². The Hall–Kier alpha value is -1.92. The number of likely N-dealkylation sites (tertiary alicyclic amines) is 1. The molecule has 2 saturated heterocycles. The molecule has 3 aliphatic rings. The van der Waals surface area contributed by atoms with Crippen LogP contribution in [-0.2, 0) is 14.3 Å². The van der Waals surface area contributed by atoms with Crippen molar-refractivity contribution in [1.82, 2.24) is 10.2 Å². The van der Waals surface area contributed by atoms with E-state index in [4.69, 9.17) is 4.74 Å². The van der Waals surface area contributed by atoms with Crippen molar-refractivity contribution in [1.29, 1.82) is 0 Å². The molecule has 2 fully saturated rings. The number of carbonyl (C=O) groups is 2. The van der Waals surface area contributed by atoms with Gasteiger partial charge in [-0.2, -0.15) is 0 Å². The third kappa shape index (κ3) is 4.17. The Morgan fingerprint density at radius 3 is 2.93 bits per heavy atom. The first kappa shape index (κ1) is 18.4. The molecule has 2 atom stereocenters. The summed E-state index contributed by atoms with van der Waals surface area (Å²) in [6.07, 6.45) is 5.00. The SMILES string of the molecule is O=C1CCCN1CC[C@@H]1CN(C(=O)CNC[C@@H]2CCCO2)c2ccccc21. The summed E-state index contributed by atoms with van der Waals surface area (Å²) >= 11 is 0. The maximum Gasteiger partial charge on any atom is 0.240 e. The summed E-state index contributed by atoms with van der Waals surface area (Å²) in [7, 11) is 0. The van der Waals surface area contributed by atoms with Crippen molar-refractivity contribution in [2.45, 2.75) is 44.1 Å². The molecule has 146 valence electrons. The highest BCUT2D eigenvalue weighted by molar-refractivity contribution is 5.97. The topological polar surface area (TPSA) is 61.9 Å². The number of benzene rings is 1. The predicted molar refractivity (Wildman–Crippen MR) is 104 cm³/mol. The third-order valence-corrected chi connectivity index (χ3v) is 5.96. The molecule has 1 N–H and O–H groups in total. The van der Waals surface area contributed by atoms with E-state index >= 15 is 0 Å². The van der Waals surface area contributed by atoms with Gasteiger partial charge < -0.3 is 19.9 Å². The van der Waals surface area contributed by atoms with E-state index in [9.17, 15) is 9.59 Å². The van der Waals surface area contributed by atoms with Gasteiger partial charge in [-0.25, -0.2) is 0 Å². The molecule has 6 heteroatoms. The Morgan fingerprint density at radius 2 is 2.15 bits per heavy atom. The average molecular weight is 371 g/mol. The second-order valence-corrected chi connectivity index (χ2v) is 7.80. The molecule has 0 spiro atoms. The Morgan fingerprint density at radius 1 is 1.26 bits per heavy atom. The predicted octanol–water partition coefficient (Wildman–Crippen LogP) is 1.90. The fourth-order valence-corrected chi connectivity index (χ4v) is 4.47. The van der Waals surface area contributed by atoms with Crippen LogP contribution in [0.5, 0.6) is 0 Å². The van der Waals surface area contributed by atoms with Crippen LogP contribution in [0.4, 0.5) is 5.69 Å². The van der Waals surface area contributed by atoms with Crippen LogP contribution in [0.1, 0.15) is 43.6 Å². The number of rotatable bonds is 7. The number of nitrogens with one attached hydrogen (secondary N) is 1. The molecule has 2 amide bonds. The quantitative estimate of drug-likeness (QED) is 0.795.